The van der Waals surface area contributed by atoms with E-state index in [9.17, 15) is 4.79 Å². The highest BCUT2D eigenvalue weighted by Gasteiger charge is 2.25. The van der Waals surface area contributed by atoms with Crippen LogP contribution in [0.1, 0.15) is 61.3 Å². The summed E-state index contributed by atoms with van der Waals surface area (Å²) in [6.07, 6.45) is 0.890. The van der Waals surface area contributed by atoms with Crippen LogP contribution >= 0.6 is 0 Å². The third kappa shape index (κ3) is 4.75. The maximum atomic E-state index is 12.6. The Hall–Kier alpha value is -2.21. The molecule has 6 heteroatoms. The lowest BCUT2D eigenvalue weighted by Crippen LogP contribution is -2.35. The molecule has 1 atom stereocenters. The van der Waals surface area contributed by atoms with Gasteiger partial charge < -0.3 is 14.8 Å². The highest BCUT2D eigenvalue weighted by atomic mass is 16.1. The molecule has 6 nitrogen and oxygen atoms in total. The zero-order valence-electron chi connectivity index (χ0n) is 17.1. The van der Waals surface area contributed by atoms with Crippen molar-refractivity contribution in [3.05, 3.63) is 47.0 Å². The summed E-state index contributed by atoms with van der Waals surface area (Å²) in [6, 6.07) is 7.45. The van der Waals surface area contributed by atoms with Crippen LogP contribution in [0.4, 0.5) is 0 Å². The Kier molecular flexibility index (Phi) is 5.65. The lowest BCUT2D eigenvalue weighted by Gasteiger charge is -2.28. The largest absolute Gasteiger partial charge is 0.342 e. The maximum Gasteiger partial charge on any atom is 0.252 e. The number of rotatable bonds is 4. The van der Waals surface area contributed by atoms with Crippen LogP contribution in [0.15, 0.2) is 24.3 Å². The number of hydrogen-bond donors (Lipinski definition) is 1. The molecule has 0 radical (unpaired) electrons. The number of hydrogen-bond acceptors (Lipinski definition) is 4. The zero-order chi connectivity index (χ0) is 19.6. The lowest BCUT2D eigenvalue weighted by molar-refractivity contribution is 0.0936. The van der Waals surface area contributed by atoms with Crippen LogP contribution in [-0.4, -0.2) is 45.2 Å². The third-order valence-corrected chi connectivity index (χ3v) is 4.97. The summed E-state index contributed by atoms with van der Waals surface area (Å²) in [5.41, 5.74) is 1.96. The molecule has 0 saturated heterocycles. The molecule has 0 spiro atoms. The van der Waals surface area contributed by atoms with Crippen molar-refractivity contribution < 1.29 is 4.79 Å². The Labute approximate surface area is 162 Å². The molecule has 1 aromatic carbocycles. The number of amides is 1. The number of carbonyl (C=O) groups excluding carboxylic acids is 1. The fraction of sp³-hybridized carbons (Fsp3) is 0.571. The van der Waals surface area contributed by atoms with Crippen molar-refractivity contribution in [2.45, 2.75) is 53.6 Å². The van der Waals surface area contributed by atoms with E-state index in [1.807, 2.05) is 38.1 Å². The van der Waals surface area contributed by atoms with E-state index in [2.05, 4.69) is 45.8 Å². The molecular formula is C21H31N5O. The first-order chi connectivity index (χ1) is 12.7. The van der Waals surface area contributed by atoms with Crippen LogP contribution in [0.2, 0.25) is 0 Å². The van der Waals surface area contributed by atoms with E-state index in [1.54, 1.807) is 0 Å². The molecule has 1 aromatic heterocycles. The lowest BCUT2D eigenvalue weighted by atomic mass is 9.96. The first-order valence-electron chi connectivity index (χ1n) is 9.75. The minimum absolute atomic E-state index is 0.0686. The molecule has 2 heterocycles. The fourth-order valence-corrected chi connectivity index (χ4v) is 3.70. The Morgan fingerprint density at radius 3 is 2.63 bits per heavy atom. The number of aromatic nitrogens is 3. The van der Waals surface area contributed by atoms with E-state index < -0.39 is 0 Å². The Balaban J connectivity index is 1.70. The van der Waals surface area contributed by atoms with Gasteiger partial charge in [0.1, 0.15) is 5.82 Å². The monoisotopic (exact) mass is 369 g/mol. The quantitative estimate of drug-likeness (QED) is 0.900. The van der Waals surface area contributed by atoms with Crippen LogP contribution in [0, 0.1) is 12.3 Å². The van der Waals surface area contributed by atoms with Gasteiger partial charge in [-0.1, -0.05) is 39.0 Å². The molecule has 0 aliphatic carbocycles. The van der Waals surface area contributed by atoms with Gasteiger partial charge >= 0.3 is 0 Å². The second-order valence-corrected chi connectivity index (χ2v) is 8.72. The van der Waals surface area contributed by atoms with Crippen molar-refractivity contribution in [1.82, 2.24) is 25.0 Å². The molecule has 1 unspecified atom stereocenters. The molecule has 1 aliphatic heterocycles. The molecule has 2 aromatic rings. The summed E-state index contributed by atoms with van der Waals surface area (Å²) in [5.74, 6) is 1.78. The van der Waals surface area contributed by atoms with Crippen molar-refractivity contribution in [2.75, 3.05) is 19.6 Å². The predicted molar refractivity (Wildman–Crippen MR) is 107 cm³/mol. The molecule has 146 valence electrons. The first-order valence-corrected chi connectivity index (χ1v) is 9.75. The SMILES string of the molecule is Cc1ccccc1C(=O)NC(C)c1nnc2n1CCN(CC(C)(C)C)CC2. The Bertz CT molecular complexity index is 805. The van der Waals surface area contributed by atoms with Crippen LogP contribution in [-0.2, 0) is 13.0 Å². The van der Waals surface area contributed by atoms with Crippen molar-refractivity contribution >= 4 is 5.91 Å². The predicted octanol–water partition coefficient (Wildman–Crippen LogP) is 2.98. The normalized spacial score (nSPS) is 16.5. The topological polar surface area (TPSA) is 63.1 Å². The van der Waals surface area contributed by atoms with E-state index in [-0.39, 0.29) is 17.4 Å². The fourth-order valence-electron chi connectivity index (χ4n) is 3.70. The summed E-state index contributed by atoms with van der Waals surface area (Å²) < 4.78 is 2.19. The van der Waals surface area contributed by atoms with Gasteiger partial charge in [0.25, 0.3) is 5.91 Å². The van der Waals surface area contributed by atoms with Crippen molar-refractivity contribution in [3.8, 4) is 0 Å². The van der Waals surface area contributed by atoms with Gasteiger partial charge in [0.2, 0.25) is 0 Å². The van der Waals surface area contributed by atoms with Gasteiger partial charge in [-0.15, -0.1) is 10.2 Å². The van der Waals surface area contributed by atoms with E-state index >= 15 is 0 Å². The number of carbonyl (C=O) groups is 1. The second-order valence-electron chi connectivity index (χ2n) is 8.72. The number of fused-ring (bicyclic) bond motifs is 1. The van der Waals surface area contributed by atoms with E-state index in [0.717, 1.165) is 49.8 Å². The van der Waals surface area contributed by atoms with Crippen molar-refractivity contribution in [1.29, 1.82) is 0 Å². The van der Waals surface area contributed by atoms with E-state index in [1.165, 1.54) is 0 Å². The molecule has 0 saturated carbocycles. The highest BCUT2D eigenvalue weighted by molar-refractivity contribution is 5.95. The molecular weight excluding hydrogens is 338 g/mol. The highest BCUT2D eigenvalue weighted by Crippen LogP contribution is 2.20. The smallest absolute Gasteiger partial charge is 0.252 e. The summed E-state index contributed by atoms with van der Waals surface area (Å²) in [4.78, 5) is 15.1. The molecule has 27 heavy (non-hydrogen) atoms. The van der Waals surface area contributed by atoms with Gasteiger partial charge in [0.05, 0.1) is 6.04 Å². The minimum Gasteiger partial charge on any atom is -0.342 e. The van der Waals surface area contributed by atoms with E-state index in [4.69, 9.17) is 0 Å². The van der Waals surface area contributed by atoms with Gasteiger partial charge in [0.15, 0.2) is 5.82 Å². The van der Waals surface area contributed by atoms with Crippen LogP contribution in [0.3, 0.4) is 0 Å². The Morgan fingerprint density at radius 2 is 1.93 bits per heavy atom. The number of aryl methyl sites for hydroxylation is 1. The average Bonchev–Trinajstić information content (AvgIpc) is 2.90. The minimum atomic E-state index is -0.187. The second kappa shape index (κ2) is 7.80. The third-order valence-electron chi connectivity index (χ3n) is 4.97. The molecule has 0 bridgehead atoms. The summed E-state index contributed by atoms with van der Waals surface area (Å²) in [5, 5.41) is 11.9. The first kappa shape index (κ1) is 19.5. The van der Waals surface area contributed by atoms with Crippen LogP contribution < -0.4 is 5.32 Å². The van der Waals surface area contributed by atoms with Gasteiger partial charge in [-0.2, -0.15) is 0 Å². The van der Waals surface area contributed by atoms with Crippen molar-refractivity contribution in [3.63, 3.8) is 0 Å². The molecule has 1 aliphatic rings. The number of nitrogens with one attached hydrogen (secondary N) is 1. The van der Waals surface area contributed by atoms with Gasteiger partial charge in [-0.05, 0) is 30.9 Å². The standard InChI is InChI=1S/C21H31N5O/c1-15-8-6-7-9-17(15)20(27)22-16(2)19-24-23-18-10-11-25(12-13-26(18)19)14-21(3,4)5/h6-9,16H,10-14H2,1-5H3,(H,22,27). The molecule has 0 fully saturated rings. The summed E-state index contributed by atoms with van der Waals surface area (Å²) in [6.45, 7) is 14.6. The van der Waals surface area contributed by atoms with Crippen LogP contribution in [0.25, 0.3) is 0 Å². The average molecular weight is 370 g/mol. The van der Waals surface area contributed by atoms with Crippen LogP contribution in [0.5, 0.6) is 0 Å². The molecule has 3 rings (SSSR count). The zero-order valence-corrected chi connectivity index (χ0v) is 17.1. The molecule has 1 amide bonds. The maximum absolute atomic E-state index is 12.6. The summed E-state index contributed by atoms with van der Waals surface area (Å²) in [7, 11) is 0. The van der Waals surface area contributed by atoms with Gasteiger partial charge in [0, 0.05) is 38.2 Å². The van der Waals surface area contributed by atoms with Crippen molar-refractivity contribution in [2.24, 2.45) is 5.41 Å². The van der Waals surface area contributed by atoms with Gasteiger partial charge in [-0.25, -0.2) is 0 Å². The number of nitrogens with zero attached hydrogens (tertiary/aromatic N) is 4. The Morgan fingerprint density at radius 1 is 1.19 bits per heavy atom. The number of benzene rings is 1. The summed E-state index contributed by atoms with van der Waals surface area (Å²) >= 11 is 0. The molecule has 1 N–H and O–H groups in total. The van der Waals surface area contributed by atoms with Gasteiger partial charge in [-0.3, -0.25) is 4.79 Å². The van der Waals surface area contributed by atoms with E-state index in [0.29, 0.717) is 5.56 Å².